The number of carbonyl (C=O) groups is 2. The number of nitro groups is 1. The summed E-state index contributed by atoms with van der Waals surface area (Å²) < 4.78 is 6.28. The van der Waals surface area contributed by atoms with Gasteiger partial charge in [0.25, 0.3) is 17.5 Å². The molecule has 0 aliphatic rings. The fraction of sp³-hybridized carbons (Fsp3) is 0. The number of non-ortho nitro benzene ring substituents is 1. The molecule has 0 saturated heterocycles. The second-order valence-electron chi connectivity index (χ2n) is 6.71. The van der Waals surface area contributed by atoms with Crippen LogP contribution < -0.4 is 10.6 Å². The average Bonchev–Trinajstić information content (AvgIpc) is 3.28. The van der Waals surface area contributed by atoms with Gasteiger partial charge in [-0.2, -0.15) is 0 Å². The van der Waals surface area contributed by atoms with Crippen LogP contribution in [0.4, 0.5) is 17.4 Å². The highest BCUT2D eigenvalue weighted by Gasteiger charge is 2.14. The summed E-state index contributed by atoms with van der Waals surface area (Å²) in [5, 5.41) is 23.6. The molecule has 0 atom stereocenters. The molecule has 0 radical (unpaired) electrons. The van der Waals surface area contributed by atoms with Gasteiger partial charge in [-0.15, -0.1) is 5.10 Å². The van der Waals surface area contributed by atoms with E-state index in [4.69, 9.17) is 4.42 Å². The number of anilines is 2. The number of rotatable bonds is 6. The molecule has 2 amide bonds. The van der Waals surface area contributed by atoms with Gasteiger partial charge in [-0.05, 0) is 60.7 Å². The topological polar surface area (TPSA) is 140 Å². The molecule has 1 aromatic heterocycles. The first-order chi connectivity index (χ1) is 15.9. The Kier molecular flexibility index (Phi) is 6.22. The molecular weight excluding hydrogens is 494 g/mol. The smallest absolute Gasteiger partial charge is 0.322 e. The van der Waals surface area contributed by atoms with Crippen LogP contribution in [0.2, 0.25) is 0 Å². The summed E-state index contributed by atoms with van der Waals surface area (Å²) in [4.78, 5) is 35.0. The van der Waals surface area contributed by atoms with Crippen LogP contribution >= 0.6 is 15.9 Å². The number of benzene rings is 3. The molecule has 1 heterocycles. The molecule has 0 spiro atoms. The van der Waals surface area contributed by atoms with E-state index in [-0.39, 0.29) is 23.5 Å². The van der Waals surface area contributed by atoms with Gasteiger partial charge in [-0.1, -0.05) is 21.0 Å². The van der Waals surface area contributed by atoms with Gasteiger partial charge in [0.05, 0.1) is 4.92 Å². The molecule has 164 valence electrons. The predicted octanol–water partition coefficient (Wildman–Crippen LogP) is 4.91. The zero-order chi connectivity index (χ0) is 23.4. The SMILES string of the molecule is O=C(Nc1ccc(C(=O)Nc2nnc(-c3ccc([N+](=O)[O-])cc3)o2)cc1)c1ccc(Br)cc1. The van der Waals surface area contributed by atoms with E-state index < -0.39 is 10.8 Å². The third kappa shape index (κ3) is 5.28. The lowest BCUT2D eigenvalue weighted by Crippen LogP contribution is -2.13. The largest absolute Gasteiger partial charge is 0.403 e. The van der Waals surface area contributed by atoms with Crippen LogP contribution in [0.5, 0.6) is 0 Å². The Hall–Kier alpha value is -4.38. The Morgan fingerprint density at radius 3 is 2.00 bits per heavy atom. The van der Waals surface area contributed by atoms with Crippen LogP contribution in [-0.2, 0) is 0 Å². The van der Waals surface area contributed by atoms with Gasteiger partial charge in [-0.25, -0.2) is 0 Å². The maximum absolute atomic E-state index is 12.5. The zero-order valence-electron chi connectivity index (χ0n) is 16.7. The van der Waals surface area contributed by atoms with E-state index >= 15 is 0 Å². The van der Waals surface area contributed by atoms with Gasteiger partial charge in [0, 0.05) is 39.0 Å². The van der Waals surface area contributed by atoms with Crippen LogP contribution in [0.25, 0.3) is 11.5 Å². The Balaban J connectivity index is 1.38. The van der Waals surface area contributed by atoms with Crippen LogP contribution in [0.3, 0.4) is 0 Å². The Labute approximate surface area is 194 Å². The van der Waals surface area contributed by atoms with Gasteiger partial charge in [0.15, 0.2) is 0 Å². The number of nitrogens with one attached hydrogen (secondary N) is 2. The minimum atomic E-state index is -0.513. The van der Waals surface area contributed by atoms with Crippen molar-refractivity contribution in [3.8, 4) is 11.5 Å². The molecule has 10 nitrogen and oxygen atoms in total. The van der Waals surface area contributed by atoms with Crippen molar-refractivity contribution in [2.45, 2.75) is 0 Å². The molecule has 3 aromatic carbocycles. The van der Waals surface area contributed by atoms with Crippen LogP contribution in [-0.4, -0.2) is 26.9 Å². The monoisotopic (exact) mass is 507 g/mol. The normalized spacial score (nSPS) is 10.5. The van der Waals surface area contributed by atoms with Crippen LogP contribution in [0, 0.1) is 10.1 Å². The molecule has 0 unspecified atom stereocenters. The molecule has 4 aromatic rings. The van der Waals surface area contributed by atoms with Gasteiger partial charge in [-0.3, -0.25) is 25.0 Å². The number of nitrogens with zero attached hydrogens (tertiary/aromatic N) is 3. The molecule has 0 aliphatic carbocycles. The fourth-order valence-corrected chi connectivity index (χ4v) is 3.06. The highest BCUT2D eigenvalue weighted by molar-refractivity contribution is 9.10. The first kappa shape index (κ1) is 21.8. The number of halogens is 1. The van der Waals surface area contributed by atoms with E-state index in [0.29, 0.717) is 22.4 Å². The summed E-state index contributed by atoms with van der Waals surface area (Å²) in [7, 11) is 0. The summed E-state index contributed by atoms with van der Waals surface area (Å²) in [5.74, 6) is -0.657. The molecule has 0 aliphatic heterocycles. The number of nitro benzene ring substituents is 1. The third-order valence-electron chi connectivity index (χ3n) is 4.48. The Bertz CT molecular complexity index is 1320. The summed E-state index contributed by atoms with van der Waals surface area (Å²) in [6.45, 7) is 0. The van der Waals surface area contributed by atoms with Gasteiger partial charge in [0.1, 0.15) is 0 Å². The van der Waals surface area contributed by atoms with Crippen LogP contribution in [0.1, 0.15) is 20.7 Å². The number of hydrogen-bond acceptors (Lipinski definition) is 7. The lowest BCUT2D eigenvalue weighted by Gasteiger charge is -2.06. The average molecular weight is 508 g/mol. The summed E-state index contributed by atoms with van der Waals surface area (Å²) in [6.07, 6.45) is 0. The third-order valence-corrected chi connectivity index (χ3v) is 5.01. The van der Waals surface area contributed by atoms with E-state index in [9.17, 15) is 19.7 Å². The lowest BCUT2D eigenvalue weighted by molar-refractivity contribution is -0.384. The highest BCUT2D eigenvalue weighted by atomic mass is 79.9. The number of amides is 2. The minimum absolute atomic E-state index is 0.0664. The summed E-state index contributed by atoms with van der Waals surface area (Å²) in [6, 6.07) is 18.7. The predicted molar refractivity (Wildman–Crippen MR) is 123 cm³/mol. The van der Waals surface area contributed by atoms with Crippen molar-refractivity contribution in [3.63, 3.8) is 0 Å². The maximum Gasteiger partial charge on any atom is 0.322 e. The quantitative estimate of drug-likeness (QED) is 0.279. The van der Waals surface area contributed by atoms with Crippen molar-refractivity contribution in [1.29, 1.82) is 0 Å². The number of aromatic nitrogens is 2. The molecule has 0 saturated carbocycles. The van der Waals surface area contributed by atoms with Crippen molar-refractivity contribution >= 4 is 45.1 Å². The first-order valence-electron chi connectivity index (χ1n) is 9.46. The van der Waals surface area contributed by atoms with Gasteiger partial charge in [0.2, 0.25) is 5.89 Å². The molecule has 4 rings (SSSR count). The second-order valence-corrected chi connectivity index (χ2v) is 7.62. The standard InChI is InChI=1S/C22H14BrN5O5/c23-16-7-1-13(2-8-16)19(29)24-17-9-3-14(4-10-17)20(30)25-22-27-26-21(33-22)15-5-11-18(12-6-15)28(31)32/h1-12H,(H,24,29)(H,25,27,30). The zero-order valence-corrected chi connectivity index (χ0v) is 18.3. The van der Waals surface area contributed by atoms with E-state index in [0.717, 1.165) is 4.47 Å². The van der Waals surface area contributed by atoms with E-state index in [1.807, 2.05) is 0 Å². The van der Waals surface area contributed by atoms with Crippen molar-refractivity contribution in [2.75, 3.05) is 10.6 Å². The number of carbonyl (C=O) groups excluding carboxylic acids is 2. The maximum atomic E-state index is 12.5. The Morgan fingerprint density at radius 1 is 0.818 bits per heavy atom. The van der Waals surface area contributed by atoms with Crippen LogP contribution in [0.15, 0.2) is 81.7 Å². The second kappa shape index (κ2) is 9.40. The Morgan fingerprint density at radius 2 is 1.39 bits per heavy atom. The fourth-order valence-electron chi connectivity index (χ4n) is 2.79. The van der Waals surface area contributed by atoms with Crippen molar-refractivity contribution in [1.82, 2.24) is 10.2 Å². The highest BCUT2D eigenvalue weighted by Crippen LogP contribution is 2.23. The summed E-state index contributed by atoms with van der Waals surface area (Å²) >= 11 is 3.32. The minimum Gasteiger partial charge on any atom is -0.403 e. The lowest BCUT2D eigenvalue weighted by atomic mass is 10.1. The molecule has 33 heavy (non-hydrogen) atoms. The van der Waals surface area contributed by atoms with Crippen molar-refractivity contribution in [2.24, 2.45) is 0 Å². The van der Waals surface area contributed by atoms with E-state index in [1.54, 1.807) is 48.5 Å². The van der Waals surface area contributed by atoms with Crippen molar-refractivity contribution in [3.05, 3.63) is 98.5 Å². The molecule has 2 N–H and O–H groups in total. The number of hydrogen-bond donors (Lipinski definition) is 2. The van der Waals surface area contributed by atoms with E-state index in [1.165, 1.54) is 24.3 Å². The van der Waals surface area contributed by atoms with Crippen molar-refractivity contribution < 1.29 is 18.9 Å². The molecule has 0 bridgehead atoms. The first-order valence-corrected chi connectivity index (χ1v) is 10.2. The molecular formula is C22H14BrN5O5. The van der Waals surface area contributed by atoms with Gasteiger partial charge < -0.3 is 9.73 Å². The molecule has 0 fully saturated rings. The van der Waals surface area contributed by atoms with Gasteiger partial charge >= 0.3 is 6.01 Å². The summed E-state index contributed by atoms with van der Waals surface area (Å²) in [5.41, 5.74) is 1.74. The molecule has 11 heteroatoms. The van der Waals surface area contributed by atoms with E-state index in [2.05, 4.69) is 36.8 Å².